The van der Waals surface area contributed by atoms with E-state index in [0.717, 1.165) is 19.5 Å². The topological polar surface area (TPSA) is 67.4 Å². The maximum Gasteiger partial charge on any atom is 0.241 e. The minimum atomic E-state index is -3.53. The van der Waals surface area contributed by atoms with Crippen LogP contribution in [0.15, 0.2) is 27.6 Å². The van der Waals surface area contributed by atoms with Gasteiger partial charge in [0.2, 0.25) is 10.0 Å². The van der Waals surface area contributed by atoms with E-state index >= 15 is 0 Å². The summed E-state index contributed by atoms with van der Waals surface area (Å²) in [6.07, 6.45) is 0.800. The Morgan fingerprint density at radius 1 is 1.43 bits per heavy atom. The number of hydrogen-bond acceptors (Lipinski definition) is 4. The fourth-order valence-electron chi connectivity index (χ4n) is 2.28. The summed E-state index contributed by atoms with van der Waals surface area (Å²) in [6, 6.07) is 4.82. The standard InChI is InChI=1S/C13H19BrN2O3S.ClH/c1-9-8-15-6-5-12(9)16-20(17,18)13-4-3-10(19-2)7-11(13)14;/h3-4,7,9,12,15-16H,5-6,8H2,1-2H3;1H. The SMILES string of the molecule is COc1ccc(S(=O)(=O)NC2CCNCC2C)c(Br)c1.Cl. The van der Waals surface area contributed by atoms with Crippen molar-refractivity contribution in [2.24, 2.45) is 5.92 Å². The fraction of sp³-hybridized carbons (Fsp3) is 0.538. The van der Waals surface area contributed by atoms with Crippen LogP contribution in [0.1, 0.15) is 13.3 Å². The quantitative estimate of drug-likeness (QED) is 0.814. The van der Waals surface area contributed by atoms with Crippen LogP contribution < -0.4 is 14.8 Å². The normalized spacial score (nSPS) is 22.4. The van der Waals surface area contributed by atoms with Crippen molar-refractivity contribution in [3.63, 3.8) is 0 Å². The average molecular weight is 400 g/mol. The zero-order valence-electron chi connectivity index (χ0n) is 11.9. The molecule has 0 saturated carbocycles. The second-order valence-corrected chi connectivity index (χ2v) is 7.53. The number of ether oxygens (including phenoxy) is 1. The van der Waals surface area contributed by atoms with Gasteiger partial charge < -0.3 is 10.1 Å². The molecule has 2 atom stereocenters. The lowest BCUT2D eigenvalue weighted by molar-refractivity contribution is 0.328. The van der Waals surface area contributed by atoms with E-state index in [2.05, 4.69) is 26.0 Å². The Hall–Kier alpha value is -0.340. The Morgan fingerprint density at radius 2 is 2.14 bits per heavy atom. The van der Waals surface area contributed by atoms with Gasteiger partial charge in [-0.1, -0.05) is 6.92 Å². The highest BCUT2D eigenvalue weighted by Gasteiger charge is 2.27. The third-order valence-corrected chi connectivity index (χ3v) is 5.99. The van der Waals surface area contributed by atoms with E-state index in [1.54, 1.807) is 25.3 Å². The highest BCUT2D eigenvalue weighted by molar-refractivity contribution is 9.10. The Balaban J connectivity index is 0.00000220. The molecule has 0 aliphatic carbocycles. The number of sulfonamides is 1. The van der Waals surface area contributed by atoms with Crippen molar-refractivity contribution in [2.75, 3.05) is 20.2 Å². The van der Waals surface area contributed by atoms with Crippen LogP contribution in [0.3, 0.4) is 0 Å². The number of methoxy groups -OCH3 is 1. The summed E-state index contributed by atoms with van der Waals surface area (Å²) >= 11 is 3.29. The largest absolute Gasteiger partial charge is 0.497 e. The van der Waals surface area contributed by atoms with Crippen LogP contribution in [0.4, 0.5) is 0 Å². The van der Waals surface area contributed by atoms with Crippen LogP contribution in [0.25, 0.3) is 0 Å². The summed E-state index contributed by atoms with van der Waals surface area (Å²) in [4.78, 5) is 0.240. The first-order chi connectivity index (χ1) is 9.44. The molecule has 2 rings (SSSR count). The van der Waals surface area contributed by atoms with Gasteiger partial charge in [-0.3, -0.25) is 0 Å². The lowest BCUT2D eigenvalue weighted by Gasteiger charge is -2.30. The maximum atomic E-state index is 12.5. The van der Waals surface area contributed by atoms with Crippen LogP contribution in [-0.2, 0) is 10.0 Å². The number of piperidine rings is 1. The summed E-state index contributed by atoms with van der Waals surface area (Å²) in [5.41, 5.74) is 0. The molecule has 0 radical (unpaired) electrons. The molecule has 21 heavy (non-hydrogen) atoms. The zero-order chi connectivity index (χ0) is 14.8. The van der Waals surface area contributed by atoms with E-state index in [-0.39, 0.29) is 29.3 Å². The summed E-state index contributed by atoms with van der Waals surface area (Å²) < 4.78 is 33.3. The van der Waals surface area contributed by atoms with Gasteiger partial charge in [-0.05, 0) is 59.6 Å². The van der Waals surface area contributed by atoms with Gasteiger partial charge in [-0.2, -0.15) is 0 Å². The Kier molecular flexibility index (Phi) is 6.93. The first-order valence-electron chi connectivity index (χ1n) is 6.50. The number of rotatable bonds is 4. The molecule has 1 aromatic carbocycles. The van der Waals surface area contributed by atoms with Crippen LogP contribution in [0.5, 0.6) is 5.75 Å². The summed E-state index contributed by atoms with van der Waals surface area (Å²) in [7, 11) is -1.98. The van der Waals surface area contributed by atoms with Crippen LogP contribution >= 0.6 is 28.3 Å². The van der Waals surface area contributed by atoms with Gasteiger partial charge in [0.25, 0.3) is 0 Å². The Bertz CT molecular complexity index is 583. The van der Waals surface area contributed by atoms with Gasteiger partial charge in [0.1, 0.15) is 5.75 Å². The van der Waals surface area contributed by atoms with Gasteiger partial charge in [0.05, 0.1) is 12.0 Å². The molecule has 1 aromatic rings. The molecule has 0 aromatic heterocycles. The van der Waals surface area contributed by atoms with Gasteiger partial charge >= 0.3 is 0 Å². The molecule has 2 unspecified atom stereocenters. The summed E-state index contributed by atoms with van der Waals surface area (Å²) in [5.74, 6) is 0.890. The second kappa shape index (κ2) is 7.78. The fourth-order valence-corrected chi connectivity index (χ4v) is 4.71. The minimum absolute atomic E-state index is 0. The van der Waals surface area contributed by atoms with Crippen LogP contribution in [-0.4, -0.2) is 34.7 Å². The van der Waals surface area contributed by atoms with E-state index in [1.165, 1.54) is 0 Å². The van der Waals surface area contributed by atoms with Crippen molar-refractivity contribution >= 4 is 38.4 Å². The Morgan fingerprint density at radius 3 is 2.71 bits per heavy atom. The van der Waals surface area contributed by atoms with E-state index in [1.807, 2.05) is 6.92 Å². The van der Waals surface area contributed by atoms with Gasteiger partial charge in [0.15, 0.2) is 0 Å². The lowest BCUT2D eigenvalue weighted by Crippen LogP contribution is -2.48. The first kappa shape index (κ1) is 18.7. The average Bonchev–Trinajstić information content (AvgIpc) is 2.40. The third-order valence-electron chi connectivity index (χ3n) is 3.52. The first-order valence-corrected chi connectivity index (χ1v) is 8.78. The maximum absolute atomic E-state index is 12.5. The Labute approximate surface area is 140 Å². The van der Waals surface area contributed by atoms with Crippen molar-refractivity contribution in [2.45, 2.75) is 24.3 Å². The van der Waals surface area contributed by atoms with Crippen molar-refractivity contribution in [3.05, 3.63) is 22.7 Å². The molecular formula is C13H20BrClN2O3S. The van der Waals surface area contributed by atoms with Gasteiger partial charge in [-0.25, -0.2) is 13.1 Å². The van der Waals surface area contributed by atoms with Crippen molar-refractivity contribution < 1.29 is 13.2 Å². The van der Waals surface area contributed by atoms with Crippen molar-refractivity contribution in [1.82, 2.24) is 10.0 Å². The van der Waals surface area contributed by atoms with Crippen molar-refractivity contribution in [1.29, 1.82) is 0 Å². The van der Waals surface area contributed by atoms with E-state index in [9.17, 15) is 8.42 Å². The molecule has 0 spiro atoms. The van der Waals surface area contributed by atoms with Crippen LogP contribution in [0.2, 0.25) is 0 Å². The molecule has 0 amide bonds. The number of halogens is 2. The second-order valence-electron chi connectivity index (χ2n) is 4.99. The molecule has 1 fully saturated rings. The molecule has 1 aliphatic rings. The smallest absolute Gasteiger partial charge is 0.241 e. The molecular weight excluding hydrogens is 380 g/mol. The summed E-state index contributed by atoms with van der Waals surface area (Å²) in [5, 5.41) is 3.26. The highest BCUT2D eigenvalue weighted by atomic mass is 79.9. The predicted octanol–water partition coefficient (Wildman–Crippen LogP) is 2.16. The highest BCUT2D eigenvalue weighted by Crippen LogP contribution is 2.27. The monoisotopic (exact) mass is 398 g/mol. The third kappa shape index (κ3) is 4.56. The number of hydrogen-bond donors (Lipinski definition) is 2. The molecule has 120 valence electrons. The minimum Gasteiger partial charge on any atom is -0.497 e. The summed E-state index contributed by atoms with van der Waals surface area (Å²) in [6.45, 7) is 3.71. The predicted molar refractivity (Wildman–Crippen MR) is 88.7 cm³/mol. The van der Waals surface area contributed by atoms with Gasteiger partial charge in [0, 0.05) is 10.5 Å². The zero-order valence-corrected chi connectivity index (χ0v) is 15.1. The molecule has 1 heterocycles. The molecule has 8 heteroatoms. The lowest BCUT2D eigenvalue weighted by atomic mass is 9.97. The number of nitrogens with one attached hydrogen (secondary N) is 2. The number of benzene rings is 1. The van der Waals surface area contributed by atoms with E-state index in [4.69, 9.17) is 4.74 Å². The molecule has 5 nitrogen and oxygen atoms in total. The molecule has 1 aliphatic heterocycles. The van der Waals surface area contributed by atoms with E-state index in [0.29, 0.717) is 10.2 Å². The van der Waals surface area contributed by atoms with E-state index < -0.39 is 10.0 Å². The van der Waals surface area contributed by atoms with Crippen molar-refractivity contribution in [3.8, 4) is 5.75 Å². The van der Waals surface area contributed by atoms with Gasteiger partial charge in [-0.15, -0.1) is 12.4 Å². The molecule has 1 saturated heterocycles. The van der Waals surface area contributed by atoms with Crippen LogP contribution in [0, 0.1) is 5.92 Å². The molecule has 2 N–H and O–H groups in total. The molecule has 0 bridgehead atoms.